The van der Waals surface area contributed by atoms with Gasteiger partial charge in [-0.1, -0.05) is 29.8 Å². The summed E-state index contributed by atoms with van der Waals surface area (Å²) in [6.07, 6.45) is 2.67. The zero-order valence-electron chi connectivity index (χ0n) is 16.3. The maximum Gasteiger partial charge on any atom is 0.272 e. The molecule has 0 radical (unpaired) electrons. The Kier molecular flexibility index (Phi) is 4.25. The predicted molar refractivity (Wildman–Crippen MR) is 111 cm³/mol. The van der Waals surface area contributed by atoms with Crippen molar-refractivity contribution in [1.82, 2.24) is 24.1 Å². The monoisotopic (exact) mass is 407 g/mol. The van der Waals surface area contributed by atoms with E-state index >= 15 is 0 Å². The number of carbonyl (C=O) groups excluding carboxylic acids is 1. The van der Waals surface area contributed by atoms with Gasteiger partial charge in [-0.25, -0.2) is 4.98 Å². The van der Waals surface area contributed by atoms with Gasteiger partial charge < -0.3 is 10.0 Å². The Morgan fingerprint density at radius 1 is 1.28 bits per heavy atom. The molecule has 4 aromatic rings. The van der Waals surface area contributed by atoms with Gasteiger partial charge in [-0.2, -0.15) is 5.10 Å². The summed E-state index contributed by atoms with van der Waals surface area (Å²) in [4.78, 5) is 20.6. The fourth-order valence-electron chi connectivity index (χ4n) is 3.93. The van der Waals surface area contributed by atoms with Crippen molar-refractivity contribution in [2.45, 2.75) is 26.5 Å². The number of imidazole rings is 1. The maximum atomic E-state index is 13.3. The molecule has 1 aliphatic heterocycles. The van der Waals surface area contributed by atoms with Gasteiger partial charge in [0.25, 0.3) is 5.91 Å². The minimum absolute atomic E-state index is 0.0255. The van der Waals surface area contributed by atoms with Crippen LogP contribution in [0.15, 0.2) is 35.8 Å². The predicted octanol–water partition coefficient (Wildman–Crippen LogP) is 2.80. The highest BCUT2D eigenvalue weighted by Gasteiger charge is 2.28. The molecule has 8 heteroatoms. The molecule has 1 aromatic carbocycles. The fraction of sp³-hybridized carbons (Fsp3) is 0.286. The van der Waals surface area contributed by atoms with Crippen molar-refractivity contribution in [3.63, 3.8) is 0 Å². The van der Waals surface area contributed by atoms with Gasteiger partial charge in [0.05, 0.1) is 18.0 Å². The number of nitrogens with zero attached hydrogens (tertiary/aromatic N) is 5. The van der Waals surface area contributed by atoms with E-state index in [0.29, 0.717) is 24.5 Å². The molecule has 148 valence electrons. The van der Waals surface area contributed by atoms with E-state index in [2.05, 4.69) is 24.2 Å². The number of fused-ring (bicyclic) bond motifs is 2. The smallest absolute Gasteiger partial charge is 0.272 e. The van der Waals surface area contributed by atoms with Crippen molar-refractivity contribution in [3.8, 4) is 11.3 Å². The zero-order valence-corrected chi connectivity index (χ0v) is 17.1. The van der Waals surface area contributed by atoms with Crippen LogP contribution in [-0.2, 0) is 26.6 Å². The number of amides is 1. The molecule has 7 nitrogen and oxygen atoms in total. The SMILES string of the molecule is Cc1ccc(-c2cn3c(C(=O)N4CCc5c(c(CO)nn5C)C4)csc3n2)cc1. The van der Waals surface area contributed by atoms with Crippen molar-refractivity contribution in [1.29, 1.82) is 0 Å². The third-order valence-electron chi connectivity index (χ3n) is 5.54. The summed E-state index contributed by atoms with van der Waals surface area (Å²) in [5.41, 5.74) is 6.43. The molecule has 4 heterocycles. The average Bonchev–Trinajstić information content (AvgIpc) is 3.40. The number of aromatic nitrogens is 4. The molecule has 5 rings (SSSR count). The lowest BCUT2D eigenvalue weighted by molar-refractivity contribution is 0.0725. The number of carbonyl (C=O) groups is 1. The van der Waals surface area contributed by atoms with Crippen molar-refractivity contribution < 1.29 is 9.90 Å². The van der Waals surface area contributed by atoms with Gasteiger partial charge in [0.2, 0.25) is 0 Å². The van der Waals surface area contributed by atoms with Crippen molar-refractivity contribution in [2.24, 2.45) is 7.05 Å². The third-order valence-corrected chi connectivity index (χ3v) is 6.38. The molecule has 0 spiro atoms. The van der Waals surface area contributed by atoms with Crippen LogP contribution < -0.4 is 0 Å². The Hall–Kier alpha value is -2.97. The van der Waals surface area contributed by atoms with E-state index in [1.807, 2.05) is 44.7 Å². The van der Waals surface area contributed by atoms with Crippen LogP contribution in [0.3, 0.4) is 0 Å². The van der Waals surface area contributed by atoms with Gasteiger partial charge in [0.15, 0.2) is 4.96 Å². The number of aliphatic hydroxyl groups is 1. The molecule has 0 saturated carbocycles. The van der Waals surface area contributed by atoms with Gasteiger partial charge in [0.1, 0.15) is 5.69 Å². The Labute approximate surface area is 171 Å². The van der Waals surface area contributed by atoms with Crippen LogP contribution >= 0.6 is 11.3 Å². The molecule has 1 amide bonds. The lowest BCUT2D eigenvalue weighted by atomic mass is 10.0. The summed E-state index contributed by atoms with van der Waals surface area (Å²) < 4.78 is 3.70. The Morgan fingerprint density at radius 2 is 2.07 bits per heavy atom. The number of benzene rings is 1. The van der Waals surface area contributed by atoms with Crippen LogP contribution in [0, 0.1) is 6.92 Å². The van der Waals surface area contributed by atoms with E-state index in [1.165, 1.54) is 16.9 Å². The standard InChI is InChI=1S/C21H21N5O2S/c1-13-3-5-14(6-4-13)16-10-26-19(12-29-21(26)22-16)20(28)25-8-7-18-15(9-25)17(11-27)23-24(18)2/h3-6,10,12,27H,7-9,11H2,1-2H3. The molecular formula is C21H21N5O2S. The normalized spacial score (nSPS) is 13.8. The molecule has 0 atom stereocenters. The van der Waals surface area contributed by atoms with Gasteiger partial charge in [-0.15, -0.1) is 11.3 Å². The molecule has 0 bridgehead atoms. The highest BCUT2D eigenvalue weighted by molar-refractivity contribution is 7.15. The number of hydrogen-bond donors (Lipinski definition) is 1. The van der Waals surface area contributed by atoms with Crippen molar-refractivity contribution >= 4 is 22.2 Å². The summed E-state index contributed by atoms with van der Waals surface area (Å²) in [7, 11) is 1.88. The highest BCUT2D eigenvalue weighted by atomic mass is 32.1. The average molecular weight is 407 g/mol. The number of aliphatic hydroxyl groups excluding tert-OH is 1. The first kappa shape index (κ1) is 18.1. The second-order valence-electron chi connectivity index (χ2n) is 7.40. The van der Waals surface area contributed by atoms with E-state index in [4.69, 9.17) is 4.98 Å². The Bertz CT molecular complexity index is 1220. The first-order valence-electron chi connectivity index (χ1n) is 9.52. The lowest BCUT2D eigenvalue weighted by Gasteiger charge is -2.27. The van der Waals surface area contributed by atoms with Gasteiger partial charge in [-0.05, 0) is 6.92 Å². The van der Waals surface area contributed by atoms with Crippen LogP contribution in [0.25, 0.3) is 16.2 Å². The summed E-state index contributed by atoms with van der Waals surface area (Å²) in [6.45, 7) is 3.04. The molecule has 1 N–H and O–H groups in total. The molecule has 0 fully saturated rings. The fourth-order valence-corrected chi connectivity index (χ4v) is 4.78. The number of hydrogen-bond acceptors (Lipinski definition) is 5. The number of rotatable bonds is 3. The molecular weight excluding hydrogens is 386 g/mol. The van der Waals surface area contributed by atoms with E-state index in [-0.39, 0.29) is 12.5 Å². The highest BCUT2D eigenvalue weighted by Crippen LogP contribution is 2.27. The third kappa shape index (κ3) is 2.95. The first-order chi connectivity index (χ1) is 14.0. The number of aryl methyl sites for hydroxylation is 2. The second kappa shape index (κ2) is 6.82. The van der Waals surface area contributed by atoms with Gasteiger partial charge >= 0.3 is 0 Å². The maximum absolute atomic E-state index is 13.3. The van der Waals surface area contributed by atoms with Crippen molar-refractivity contribution in [3.05, 3.63) is 64.1 Å². The summed E-state index contributed by atoms with van der Waals surface area (Å²) >= 11 is 1.47. The van der Waals surface area contributed by atoms with E-state index in [0.717, 1.165) is 33.9 Å². The first-order valence-corrected chi connectivity index (χ1v) is 10.4. The Balaban J connectivity index is 1.46. The quantitative estimate of drug-likeness (QED) is 0.567. The van der Waals surface area contributed by atoms with Gasteiger partial charge in [0, 0.05) is 55.0 Å². The minimum atomic E-state index is -0.116. The largest absolute Gasteiger partial charge is 0.390 e. The van der Waals surface area contributed by atoms with E-state index in [9.17, 15) is 9.90 Å². The topological polar surface area (TPSA) is 75.7 Å². The minimum Gasteiger partial charge on any atom is -0.390 e. The summed E-state index contributed by atoms with van der Waals surface area (Å²) in [5, 5.41) is 15.8. The lowest BCUT2D eigenvalue weighted by Crippen LogP contribution is -2.37. The Morgan fingerprint density at radius 3 is 2.83 bits per heavy atom. The molecule has 1 aliphatic rings. The summed E-state index contributed by atoms with van der Waals surface area (Å²) in [5.74, 6) is -0.0255. The van der Waals surface area contributed by atoms with Crippen LogP contribution in [0.2, 0.25) is 0 Å². The molecule has 0 aliphatic carbocycles. The second-order valence-corrected chi connectivity index (χ2v) is 8.23. The van der Waals surface area contributed by atoms with Crippen LogP contribution in [0.1, 0.15) is 33.0 Å². The van der Waals surface area contributed by atoms with E-state index in [1.54, 1.807) is 0 Å². The molecule has 0 unspecified atom stereocenters. The van der Waals surface area contributed by atoms with Crippen LogP contribution in [0.4, 0.5) is 0 Å². The van der Waals surface area contributed by atoms with Gasteiger partial charge in [-0.3, -0.25) is 13.9 Å². The molecule has 3 aromatic heterocycles. The molecule has 29 heavy (non-hydrogen) atoms. The number of thiazole rings is 1. The summed E-state index contributed by atoms with van der Waals surface area (Å²) in [6, 6.07) is 8.22. The van der Waals surface area contributed by atoms with Crippen LogP contribution in [-0.4, -0.2) is 41.6 Å². The van der Waals surface area contributed by atoms with E-state index < -0.39 is 0 Å². The zero-order chi connectivity index (χ0) is 20.1. The molecule has 0 saturated heterocycles. The van der Waals surface area contributed by atoms with Crippen LogP contribution in [0.5, 0.6) is 0 Å². The van der Waals surface area contributed by atoms with Crippen molar-refractivity contribution in [2.75, 3.05) is 6.54 Å².